The van der Waals surface area contributed by atoms with Crippen molar-refractivity contribution in [1.82, 2.24) is 34.0 Å². The van der Waals surface area contributed by atoms with Crippen molar-refractivity contribution in [3.8, 4) is 11.4 Å². The van der Waals surface area contributed by atoms with Crippen LogP contribution >= 0.6 is 0 Å². The zero-order valence-electron chi connectivity index (χ0n) is 41.6. The minimum absolute atomic E-state index is 0.0347. The molecule has 1 amide bonds. The maximum absolute atomic E-state index is 13.5. The maximum atomic E-state index is 13.5. The number of ether oxygens (including phenoxy) is 1. The molecule has 3 aromatic heterocycles. The summed E-state index contributed by atoms with van der Waals surface area (Å²) in [5, 5.41) is 7.91. The number of likely N-dealkylation sites (tertiary alicyclic amines) is 1. The molecule has 9 nitrogen and oxygen atoms in total. The first kappa shape index (κ1) is 53.8. The molecule has 16 heteroatoms. The van der Waals surface area contributed by atoms with Crippen LogP contribution in [0.25, 0.3) is 11.4 Å². The highest BCUT2D eigenvalue weighted by molar-refractivity contribution is 5.69. The van der Waals surface area contributed by atoms with Gasteiger partial charge in [-0.15, -0.1) is 0 Å². The Bertz CT molecular complexity index is 2390. The van der Waals surface area contributed by atoms with Gasteiger partial charge in [-0.2, -0.15) is 32.1 Å². The Balaban J connectivity index is 0.000000171. The number of hydrogen-bond acceptors (Lipinski definition) is 5. The van der Waals surface area contributed by atoms with Crippen molar-refractivity contribution in [2.45, 2.75) is 182 Å². The van der Waals surface area contributed by atoms with Gasteiger partial charge in [-0.1, -0.05) is 74.5 Å². The van der Waals surface area contributed by atoms with Gasteiger partial charge in [0.25, 0.3) is 11.8 Å². The van der Waals surface area contributed by atoms with Gasteiger partial charge >= 0.3 is 12.3 Å². The predicted molar refractivity (Wildman–Crippen MR) is 252 cm³/mol. The van der Waals surface area contributed by atoms with E-state index in [1.807, 2.05) is 62.3 Å². The second-order valence-corrected chi connectivity index (χ2v) is 20.3. The normalized spacial score (nSPS) is 17.8. The Kier molecular flexibility index (Phi) is 17.1. The molecule has 0 bridgehead atoms. The Morgan fingerprint density at radius 2 is 1.37 bits per heavy atom. The molecule has 0 spiro atoms. The van der Waals surface area contributed by atoms with E-state index in [1.54, 1.807) is 27.7 Å². The summed E-state index contributed by atoms with van der Waals surface area (Å²) in [7, 11) is 0. The van der Waals surface area contributed by atoms with E-state index >= 15 is 0 Å². The molecule has 374 valence electrons. The van der Waals surface area contributed by atoms with Crippen molar-refractivity contribution in [3.05, 3.63) is 113 Å². The lowest BCUT2D eigenvalue weighted by Crippen LogP contribution is -2.42. The SMILES string of the molecule is CC(C)[C@@H]1C[C@H](c2ccccc2)CN1C(=O)OC(C)(C)C.CC(C)n1ccnc1-c1ccccc1.CC(C)n1nc(C(C)(F)F)c2c1CCC(F)(F)C2.CC(C)n1nc2c(c1C(F)(F)F)CCC2. The van der Waals surface area contributed by atoms with Crippen LogP contribution < -0.4 is 0 Å². The monoisotopic (exact) mass is 958 g/mol. The van der Waals surface area contributed by atoms with Gasteiger partial charge in [-0.05, 0) is 106 Å². The number of fused-ring (bicyclic) bond motifs is 2. The van der Waals surface area contributed by atoms with E-state index in [2.05, 4.69) is 83.8 Å². The maximum Gasteiger partial charge on any atom is 0.433 e. The van der Waals surface area contributed by atoms with Crippen LogP contribution in [-0.2, 0) is 42.5 Å². The molecule has 1 fully saturated rings. The molecule has 5 aromatic rings. The molecule has 68 heavy (non-hydrogen) atoms. The zero-order chi connectivity index (χ0) is 50.5. The molecule has 2 atom stereocenters. The van der Waals surface area contributed by atoms with Crippen molar-refractivity contribution in [2.24, 2.45) is 5.92 Å². The van der Waals surface area contributed by atoms with E-state index in [-0.39, 0.29) is 42.6 Å². The van der Waals surface area contributed by atoms with Crippen LogP contribution in [0, 0.1) is 5.92 Å². The highest BCUT2D eigenvalue weighted by Gasteiger charge is 2.44. The third-order valence-corrected chi connectivity index (χ3v) is 12.1. The number of benzene rings is 2. The van der Waals surface area contributed by atoms with E-state index < -0.39 is 41.4 Å². The predicted octanol–water partition coefficient (Wildman–Crippen LogP) is 14.2. The second kappa shape index (κ2) is 21.6. The third kappa shape index (κ3) is 13.5. The number of rotatable bonds is 7. The van der Waals surface area contributed by atoms with Crippen LogP contribution in [0.3, 0.4) is 0 Å². The molecule has 0 N–H and O–H groups in total. The fourth-order valence-electron chi connectivity index (χ4n) is 9.00. The van der Waals surface area contributed by atoms with Gasteiger partial charge in [-0.3, -0.25) is 9.36 Å². The van der Waals surface area contributed by atoms with Crippen molar-refractivity contribution in [2.75, 3.05) is 6.54 Å². The van der Waals surface area contributed by atoms with Gasteiger partial charge in [0.2, 0.25) is 0 Å². The average Bonchev–Trinajstić information content (AvgIpc) is 4.08. The minimum Gasteiger partial charge on any atom is -0.444 e. The van der Waals surface area contributed by atoms with Gasteiger partial charge in [0.1, 0.15) is 22.8 Å². The Morgan fingerprint density at radius 3 is 1.90 bits per heavy atom. The number of amides is 1. The average molecular weight is 958 g/mol. The molecule has 2 aliphatic carbocycles. The van der Waals surface area contributed by atoms with E-state index in [4.69, 9.17) is 4.74 Å². The number of hydrogen-bond donors (Lipinski definition) is 0. The molecule has 0 saturated carbocycles. The first-order valence-corrected chi connectivity index (χ1v) is 23.8. The van der Waals surface area contributed by atoms with Crippen molar-refractivity contribution >= 4 is 6.09 Å². The van der Waals surface area contributed by atoms with Crippen molar-refractivity contribution in [3.63, 3.8) is 0 Å². The minimum atomic E-state index is -4.28. The zero-order valence-corrected chi connectivity index (χ0v) is 41.6. The number of carbonyl (C=O) groups excluding carboxylic acids is 1. The number of nitrogens with zero attached hydrogens (tertiary/aromatic N) is 7. The van der Waals surface area contributed by atoms with E-state index in [0.29, 0.717) is 54.6 Å². The Morgan fingerprint density at radius 1 is 0.765 bits per heavy atom. The van der Waals surface area contributed by atoms with Crippen LogP contribution in [-0.4, -0.2) is 64.2 Å². The second-order valence-electron chi connectivity index (χ2n) is 20.3. The molecular weight excluding hydrogens is 888 g/mol. The van der Waals surface area contributed by atoms with Gasteiger partial charge < -0.3 is 14.2 Å². The molecule has 3 aliphatic rings. The first-order valence-electron chi connectivity index (χ1n) is 23.8. The molecule has 1 saturated heterocycles. The number of aryl methyl sites for hydroxylation is 1. The fraction of sp³-hybridized carbons (Fsp3) is 0.577. The quantitative estimate of drug-likeness (QED) is 0.152. The largest absolute Gasteiger partial charge is 0.444 e. The number of carbonyl (C=O) groups is 1. The number of imidazole rings is 1. The lowest BCUT2D eigenvalue weighted by molar-refractivity contribution is -0.145. The highest BCUT2D eigenvalue weighted by Crippen LogP contribution is 2.41. The molecule has 8 rings (SSSR count). The summed E-state index contributed by atoms with van der Waals surface area (Å²) in [6.07, 6.45) is 1.57. The van der Waals surface area contributed by atoms with E-state index in [1.165, 1.54) is 15.8 Å². The molecule has 4 heterocycles. The summed E-state index contributed by atoms with van der Waals surface area (Å²) in [5.41, 5.74) is 2.63. The van der Waals surface area contributed by atoms with Crippen LogP contribution in [0.15, 0.2) is 73.1 Å². The molecule has 0 radical (unpaired) electrons. The van der Waals surface area contributed by atoms with E-state index in [0.717, 1.165) is 29.9 Å². The van der Waals surface area contributed by atoms with E-state index in [9.17, 15) is 35.5 Å². The van der Waals surface area contributed by atoms with Gasteiger partial charge in [0, 0.05) is 91.2 Å². The summed E-state index contributed by atoms with van der Waals surface area (Å²) in [6, 6.07) is 21.1. The third-order valence-electron chi connectivity index (χ3n) is 12.1. The Labute approximate surface area is 397 Å². The summed E-state index contributed by atoms with van der Waals surface area (Å²) >= 11 is 0. The lowest BCUT2D eigenvalue weighted by Gasteiger charge is -2.30. The highest BCUT2D eigenvalue weighted by atomic mass is 19.4. The molecule has 0 unspecified atom stereocenters. The first-order chi connectivity index (χ1) is 31.6. The molecular formula is C52H70F7N7O2. The smallest absolute Gasteiger partial charge is 0.433 e. The summed E-state index contributed by atoms with van der Waals surface area (Å²) in [5.74, 6) is -4.20. The molecule has 2 aromatic carbocycles. The Hall–Kier alpha value is -5.15. The van der Waals surface area contributed by atoms with Crippen LogP contribution in [0.2, 0.25) is 0 Å². The number of aromatic nitrogens is 6. The summed E-state index contributed by atoms with van der Waals surface area (Å²) < 4.78 is 102. The van der Waals surface area contributed by atoms with Crippen LogP contribution in [0.1, 0.15) is 166 Å². The van der Waals surface area contributed by atoms with Crippen LogP contribution in [0.4, 0.5) is 35.5 Å². The summed E-state index contributed by atoms with van der Waals surface area (Å²) in [4.78, 5) is 18.8. The topological polar surface area (TPSA) is 83.0 Å². The van der Waals surface area contributed by atoms with Crippen molar-refractivity contribution < 1.29 is 40.3 Å². The van der Waals surface area contributed by atoms with Gasteiger partial charge in [0.15, 0.2) is 0 Å². The fourth-order valence-corrected chi connectivity index (χ4v) is 9.00. The number of halogens is 7. The number of alkyl halides is 7. The van der Waals surface area contributed by atoms with Gasteiger partial charge in [0.05, 0.1) is 5.69 Å². The standard InChI is InChI=1S/C18H27NO2.C12H16F4N2.C12H14N2.C10H13F3N2/c1-13(2)16-11-15(14-9-7-6-8-10-14)12-19(16)17(20)21-18(3,4)5;1-7(2)18-9-4-5-12(15,16)6-8(9)10(17-18)11(3,13)14;1-10(2)14-9-8-13-12(14)11-6-4-3-5-7-11;1-6(2)15-9(10(11,12)13)7-4-3-5-8(7)14-15/h6-10,13,15-16H,11-12H2,1-5H3;7H,4-6H2,1-3H3;3-10H,1-2H3;6H,3-5H2,1-2H3/t15-,16-;;;/m0.../s1. The summed E-state index contributed by atoms with van der Waals surface area (Å²) in [6.45, 7) is 22.9. The van der Waals surface area contributed by atoms with Gasteiger partial charge in [-0.25, -0.2) is 18.6 Å². The lowest BCUT2D eigenvalue weighted by atomic mass is 9.91. The van der Waals surface area contributed by atoms with Crippen LogP contribution in [0.5, 0.6) is 0 Å². The molecule has 1 aliphatic heterocycles. The van der Waals surface area contributed by atoms with Crippen molar-refractivity contribution in [1.29, 1.82) is 0 Å².